The summed E-state index contributed by atoms with van der Waals surface area (Å²) >= 11 is 0. The molecule has 3 N–H and O–H groups in total. The van der Waals surface area contributed by atoms with E-state index in [9.17, 15) is 9.59 Å². The molecule has 0 aliphatic carbocycles. The Hall–Kier alpha value is -2.38. The lowest BCUT2D eigenvalue weighted by Crippen LogP contribution is -2.41. The van der Waals surface area contributed by atoms with Gasteiger partial charge < -0.3 is 10.4 Å². The zero-order valence-corrected chi connectivity index (χ0v) is 16.9. The first kappa shape index (κ1) is 22.7. The first-order valence-corrected chi connectivity index (χ1v) is 8.72. The fourth-order valence-corrected chi connectivity index (χ4v) is 2.76. The zero-order valence-electron chi connectivity index (χ0n) is 16.1. The molecular weight excluding hydrogens is 368 g/mol. The average Bonchev–Trinajstić information content (AvgIpc) is 2.87. The number of benzene rings is 1. The Bertz CT molecular complexity index is 787. The minimum atomic E-state index is -0.945. The summed E-state index contributed by atoms with van der Waals surface area (Å²) in [5, 5.41) is 19.3. The molecule has 2 rings (SSSR count). The second-order valence-electron chi connectivity index (χ2n) is 6.40. The third kappa shape index (κ3) is 5.80. The molecule has 148 valence electrons. The number of halogens is 1. The Balaban J connectivity index is 0.00000364. The summed E-state index contributed by atoms with van der Waals surface area (Å²) in [5.41, 5.74) is 4.27. The molecule has 0 aliphatic rings. The van der Waals surface area contributed by atoms with Crippen molar-refractivity contribution >= 4 is 30.0 Å². The summed E-state index contributed by atoms with van der Waals surface area (Å²) in [6.07, 6.45) is 1.21. The van der Waals surface area contributed by atoms with Crippen LogP contribution < -0.4 is 10.6 Å². The van der Waals surface area contributed by atoms with Crippen LogP contribution in [-0.2, 0) is 9.59 Å². The number of aromatic nitrogens is 2. The molecule has 0 saturated heterocycles. The molecule has 2 aromatic rings. The Kier molecular flexibility index (Phi) is 8.46. The first-order valence-electron chi connectivity index (χ1n) is 8.72. The quantitative estimate of drug-likeness (QED) is 0.639. The number of carbonyl (C=O) groups is 2. The van der Waals surface area contributed by atoms with Crippen LogP contribution in [0.15, 0.2) is 24.3 Å². The maximum Gasteiger partial charge on any atom is 0.320 e. The summed E-state index contributed by atoms with van der Waals surface area (Å²) in [4.78, 5) is 23.4. The molecule has 1 aromatic heterocycles. The van der Waals surface area contributed by atoms with Crippen molar-refractivity contribution in [1.29, 1.82) is 0 Å². The van der Waals surface area contributed by atoms with Crippen LogP contribution in [-0.4, -0.2) is 39.4 Å². The monoisotopic (exact) mass is 394 g/mol. The van der Waals surface area contributed by atoms with Crippen molar-refractivity contribution in [1.82, 2.24) is 15.1 Å². The summed E-state index contributed by atoms with van der Waals surface area (Å²) in [7, 11) is 0. The highest BCUT2D eigenvalue weighted by Gasteiger charge is 2.19. The molecule has 0 fully saturated rings. The van der Waals surface area contributed by atoms with Gasteiger partial charge in [-0.25, -0.2) is 4.68 Å². The van der Waals surface area contributed by atoms with Gasteiger partial charge in [-0.1, -0.05) is 31.0 Å². The number of carboxylic acid groups (broad SMARTS) is 1. The van der Waals surface area contributed by atoms with E-state index < -0.39 is 12.0 Å². The van der Waals surface area contributed by atoms with Crippen LogP contribution >= 0.6 is 12.4 Å². The number of hydrogen-bond acceptors (Lipinski definition) is 4. The molecule has 0 saturated carbocycles. The van der Waals surface area contributed by atoms with E-state index in [2.05, 4.69) is 15.7 Å². The highest BCUT2D eigenvalue weighted by molar-refractivity contribution is 5.93. The van der Waals surface area contributed by atoms with Crippen LogP contribution in [0.5, 0.6) is 0 Å². The van der Waals surface area contributed by atoms with Crippen molar-refractivity contribution in [3.63, 3.8) is 0 Å². The molecule has 0 bridgehead atoms. The van der Waals surface area contributed by atoms with Gasteiger partial charge in [0.15, 0.2) is 0 Å². The Morgan fingerprint density at radius 2 is 1.81 bits per heavy atom. The van der Waals surface area contributed by atoms with E-state index in [0.29, 0.717) is 17.8 Å². The van der Waals surface area contributed by atoms with E-state index in [1.807, 2.05) is 52.0 Å². The number of carboxylic acids is 1. The first-order chi connectivity index (χ1) is 12.3. The molecule has 8 heteroatoms. The maximum atomic E-state index is 12.2. The number of aryl methyl sites for hydroxylation is 2. The van der Waals surface area contributed by atoms with Crippen molar-refractivity contribution in [3.8, 4) is 5.69 Å². The minimum Gasteiger partial charge on any atom is -0.480 e. The third-order valence-corrected chi connectivity index (χ3v) is 4.22. The van der Waals surface area contributed by atoms with Crippen molar-refractivity contribution in [2.45, 2.75) is 46.6 Å². The van der Waals surface area contributed by atoms with Crippen LogP contribution in [0.4, 0.5) is 5.69 Å². The molecule has 1 amide bonds. The summed E-state index contributed by atoms with van der Waals surface area (Å²) in [5.74, 6) is -1.23. The fourth-order valence-electron chi connectivity index (χ4n) is 2.76. The number of rotatable bonds is 8. The Labute approximate surface area is 165 Å². The van der Waals surface area contributed by atoms with Crippen molar-refractivity contribution in [3.05, 3.63) is 41.2 Å². The number of amides is 1. The van der Waals surface area contributed by atoms with Gasteiger partial charge in [0.2, 0.25) is 5.91 Å². The van der Waals surface area contributed by atoms with Crippen LogP contribution in [0.2, 0.25) is 0 Å². The molecule has 0 spiro atoms. The molecule has 0 radical (unpaired) electrons. The number of hydrogen-bond donors (Lipinski definition) is 3. The number of aliphatic carboxylic acids is 1. The Morgan fingerprint density at radius 1 is 1.19 bits per heavy atom. The lowest BCUT2D eigenvalue weighted by molar-refractivity contribution is -0.139. The normalized spacial score (nSPS) is 11.6. The second-order valence-corrected chi connectivity index (χ2v) is 6.40. The molecule has 1 unspecified atom stereocenters. The molecular formula is C19H27ClN4O3. The third-order valence-electron chi connectivity index (χ3n) is 4.22. The van der Waals surface area contributed by atoms with Crippen molar-refractivity contribution in [2.24, 2.45) is 0 Å². The van der Waals surface area contributed by atoms with Gasteiger partial charge in [-0.15, -0.1) is 12.4 Å². The smallest absolute Gasteiger partial charge is 0.320 e. The largest absolute Gasteiger partial charge is 0.480 e. The SMILES string of the molecule is CCCC(NCC(=O)Nc1c(C)nn(-c2ccc(C)cc2)c1C)C(=O)O.Cl. The van der Waals surface area contributed by atoms with Crippen molar-refractivity contribution < 1.29 is 14.7 Å². The molecule has 27 heavy (non-hydrogen) atoms. The van der Waals surface area contributed by atoms with Gasteiger partial charge >= 0.3 is 5.97 Å². The van der Waals surface area contributed by atoms with Gasteiger partial charge in [0.05, 0.1) is 29.3 Å². The topological polar surface area (TPSA) is 96.3 Å². The van der Waals surface area contributed by atoms with E-state index in [0.717, 1.165) is 23.4 Å². The van der Waals surface area contributed by atoms with E-state index >= 15 is 0 Å². The van der Waals surface area contributed by atoms with Gasteiger partial charge in [-0.2, -0.15) is 5.10 Å². The van der Waals surface area contributed by atoms with Crippen LogP contribution in [0.25, 0.3) is 5.69 Å². The fraction of sp³-hybridized carbons (Fsp3) is 0.421. The van der Waals surface area contributed by atoms with Crippen molar-refractivity contribution in [2.75, 3.05) is 11.9 Å². The minimum absolute atomic E-state index is 0. The maximum absolute atomic E-state index is 12.2. The lowest BCUT2D eigenvalue weighted by atomic mass is 10.1. The average molecular weight is 395 g/mol. The van der Waals surface area contributed by atoms with Gasteiger partial charge in [-0.05, 0) is 39.3 Å². The highest BCUT2D eigenvalue weighted by atomic mass is 35.5. The summed E-state index contributed by atoms with van der Waals surface area (Å²) in [6, 6.07) is 7.25. The number of anilines is 1. The predicted octanol–water partition coefficient (Wildman–Crippen LogP) is 3.00. The van der Waals surface area contributed by atoms with E-state index in [1.54, 1.807) is 4.68 Å². The van der Waals surface area contributed by atoms with Crippen LogP contribution in [0.1, 0.15) is 36.7 Å². The molecule has 1 aromatic carbocycles. The van der Waals surface area contributed by atoms with E-state index in [-0.39, 0.29) is 24.9 Å². The number of carbonyl (C=O) groups excluding carboxylic acids is 1. The van der Waals surface area contributed by atoms with Gasteiger partial charge in [0.1, 0.15) is 6.04 Å². The molecule has 7 nitrogen and oxygen atoms in total. The molecule has 1 atom stereocenters. The Morgan fingerprint density at radius 3 is 2.37 bits per heavy atom. The van der Waals surface area contributed by atoms with Gasteiger partial charge in [0.25, 0.3) is 0 Å². The highest BCUT2D eigenvalue weighted by Crippen LogP contribution is 2.22. The summed E-state index contributed by atoms with van der Waals surface area (Å²) in [6.45, 7) is 7.58. The number of nitrogens with zero attached hydrogens (tertiary/aromatic N) is 2. The van der Waals surface area contributed by atoms with Gasteiger partial charge in [0, 0.05) is 0 Å². The van der Waals surface area contributed by atoms with Gasteiger partial charge in [-0.3, -0.25) is 14.9 Å². The van der Waals surface area contributed by atoms with E-state index in [4.69, 9.17) is 5.11 Å². The second kappa shape index (κ2) is 10.1. The number of nitrogens with one attached hydrogen (secondary N) is 2. The zero-order chi connectivity index (χ0) is 19.3. The van der Waals surface area contributed by atoms with Crippen LogP contribution in [0.3, 0.4) is 0 Å². The van der Waals surface area contributed by atoms with Crippen LogP contribution in [0, 0.1) is 20.8 Å². The molecule has 1 heterocycles. The predicted molar refractivity (Wildman–Crippen MR) is 108 cm³/mol. The standard InChI is InChI=1S/C19H26N4O3.ClH/c1-5-6-16(19(25)26)20-11-17(24)21-18-13(3)22-23(14(18)4)15-9-7-12(2)8-10-15;/h7-10,16,20H,5-6,11H2,1-4H3,(H,21,24)(H,25,26);1H. The summed E-state index contributed by atoms with van der Waals surface area (Å²) < 4.78 is 1.79. The lowest BCUT2D eigenvalue weighted by Gasteiger charge is -2.13. The molecule has 0 aliphatic heterocycles. The van der Waals surface area contributed by atoms with E-state index in [1.165, 1.54) is 0 Å².